The van der Waals surface area contributed by atoms with Crippen LogP contribution in [0, 0.1) is 0 Å². The van der Waals surface area contributed by atoms with Crippen molar-refractivity contribution in [3.8, 4) is 5.75 Å². The van der Waals surface area contributed by atoms with Gasteiger partial charge in [0.15, 0.2) is 17.5 Å². The highest BCUT2D eigenvalue weighted by Crippen LogP contribution is 2.29. The second kappa shape index (κ2) is 12.1. The van der Waals surface area contributed by atoms with Crippen LogP contribution in [0.1, 0.15) is 25.1 Å². The Bertz CT molecular complexity index is 1190. The summed E-state index contributed by atoms with van der Waals surface area (Å²) in [6, 6.07) is 6.07. The van der Waals surface area contributed by atoms with Gasteiger partial charge in [0.25, 0.3) is 11.8 Å². The number of carbonyl (C=O) groups excluding carboxylic acids is 2. The molecule has 2 aromatic rings. The summed E-state index contributed by atoms with van der Waals surface area (Å²) < 4.78 is 5.63. The van der Waals surface area contributed by atoms with Crippen LogP contribution in [0.3, 0.4) is 0 Å². The minimum absolute atomic E-state index is 0.0156. The van der Waals surface area contributed by atoms with E-state index in [0.29, 0.717) is 29.7 Å². The maximum Gasteiger partial charge on any atom is 0.276 e. The monoisotopic (exact) mass is 531 g/mol. The quantitative estimate of drug-likeness (QED) is 0.0606. The summed E-state index contributed by atoms with van der Waals surface area (Å²) in [7, 11) is 0. The van der Waals surface area contributed by atoms with Crippen LogP contribution in [0.5, 0.6) is 5.75 Å². The fraction of sp³-hybridized carbons (Fsp3) is 0.364. The van der Waals surface area contributed by atoms with Gasteiger partial charge in [-0.3, -0.25) is 24.8 Å². The van der Waals surface area contributed by atoms with E-state index in [1.165, 1.54) is 6.34 Å². The number of nitrogens with two attached hydrogens (primary N) is 3. The van der Waals surface area contributed by atoms with Gasteiger partial charge in [-0.05, 0) is 38.1 Å². The van der Waals surface area contributed by atoms with Crippen molar-refractivity contribution in [3.05, 3.63) is 40.9 Å². The zero-order valence-electron chi connectivity index (χ0n) is 20.3. The van der Waals surface area contributed by atoms with Gasteiger partial charge in [-0.15, -0.1) is 11.3 Å². The van der Waals surface area contributed by atoms with E-state index in [1.807, 2.05) is 0 Å². The predicted octanol–water partition coefficient (Wildman–Crippen LogP) is -0.288. The molecule has 0 spiro atoms. The SMILES string of the molecule is CC1(C)[C@H](NC(=O)/C(=N\OCCOc2ccc(C(N)=NCCN=CN)cc2)c2csc(N)n2)C(=O)N1O. The highest BCUT2D eigenvalue weighted by Gasteiger charge is 2.55. The molecule has 0 saturated carbocycles. The molecule has 1 aliphatic rings. The van der Waals surface area contributed by atoms with Gasteiger partial charge >= 0.3 is 0 Å². The van der Waals surface area contributed by atoms with E-state index in [2.05, 4.69) is 25.4 Å². The Morgan fingerprint density at radius 3 is 2.65 bits per heavy atom. The van der Waals surface area contributed by atoms with Crippen molar-refractivity contribution in [2.24, 2.45) is 26.6 Å². The molecule has 1 fully saturated rings. The van der Waals surface area contributed by atoms with Crippen LogP contribution < -0.4 is 27.3 Å². The Morgan fingerprint density at radius 1 is 1.30 bits per heavy atom. The maximum absolute atomic E-state index is 12.9. The minimum Gasteiger partial charge on any atom is -0.490 e. The zero-order valence-corrected chi connectivity index (χ0v) is 21.1. The third-order valence-corrected chi connectivity index (χ3v) is 6.00. The molecule has 1 atom stereocenters. The summed E-state index contributed by atoms with van der Waals surface area (Å²) in [6.45, 7) is 4.25. The van der Waals surface area contributed by atoms with Crippen LogP contribution in [0.4, 0.5) is 5.13 Å². The lowest BCUT2D eigenvalue weighted by Crippen LogP contribution is -2.75. The molecule has 1 aliphatic heterocycles. The summed E-state index contributed by atoms with van der Waals surface area (Å²) in [6.07, 6.45) is 1.22. The van der Waals surface area contributed by atoms with Crippen LogP contribution in [0.25, 0.3) is 0 Å². The van der Waals surface area contributed by atoms with Gasteiger partial charge < -0.3 is 32.1 Å². The molecular weight excluding hydrogens is 502 g/mol. The van der Waals surface area contributed by atoms with Crippen molar-refractivity contribution in [1.82, 2.24) is 15.4 Å². The van der Waals surface area contributed by atoms with Crippen molar-refractivity contribution in [3.63, 3.8) is 0 Å². The second-order valence-corrected chi connectivity index (χ2v) is 9.14. The molecule has 2 heterocycles. The Hall–Kier alpha value is -4.24. The molecule has 1 saturated heterocycles. The molecule has 1 aromatic heterocycles. The lowest BCUT2D eigenvalue weighted by molar-refractivity contribution is -0.231. The molecule has 1 aromatic carbocycles. The van der Waals surface area contributed by atoms with E-state index in [0.717, 1.165) is 16.9 Å². The number of aromatic nitrogens is 1. The summed E-state index contributed by atoms with van der Waals surface area (Å²) >= 11 is 1.12. The van der Waals surface area contributed by atoms with Crippen molar-refractivity contribution in [2.45, 2.75) is 25.4 Å². The zero-order chi connectivity index (χ0) is 27.0. The molecule has 0 aliphatic carbocycles. The number of thiazole rings is 1. The number of hydrogen-bond donors (Lipinski definition) is 5. The molecule has 37 heavy (non-hydrogen) atoms. The summed E-state index contributed by atoms with van der Waals surface area (Å²) in [5.41, 5.74) is 16.6. The molecule has 0 unspecified atom stereocenters. The molecule has 0 bridgehead atoms. The van der Waals surface area contributed by atoms with E-state index in [4.69, 9.17) is 26.8 Å². The topological polar surface area (TPSA) is 216 Å². The average molecular weight is 532 g/mol. The molecule has 2 amide bonds. The first-order valence-electron chi connectivity index (χ1n) is 11.1. The number of nitrogens with zero attached hydrogens (tertiary/aromatic N) is 5. The third kappa shape index (κ3) is 6.71. The normalized spacial score (nSPS) is 17.5. The van der Waals surface area contributed by atoms with Gasteiger partial charge in [0.1, 0.15) is 29.9 Å². The Balaban J connectivity index is 1.55. The van der Waals surface area contributed by atoms with E-state index >= 15 is 0 Å². The molecule has 8 N–H and O–H groups in total. The van der Waals surface area contributed by atoms with Gasteiger partial charge in [0, 0.05) is 10.9 Å². The number of aliphatic imine (C=N–C) groups is 2. The van der Waals surface area contributed by atoms with Gasteiger partial charge in [-0.25, -0.2) is 10.0 Å². The van der Waals surface area contributed by atoms with Crippen molar-refractivity contribution >= 4 is 46.2 Å². The number of hydrogen-bond acceptors (Lipinski definition) is 11. The standard InChI is InChI=1S/C22H29N9O5S/c1-22(2)17(20(33)31(22)34)29-19(32)16(15-11-37-21(25)28-15)30-36-10-9-35-14-5-3-13(4-6-14)18(24)27-8-7-26-12-23/h3-6,11-12,17,34H,7-10H2,1-2H3,(H2,23,26)(H2,24,27)(H2,25,28)(H,29,32)/b30-16-/t17-/m1/s1. The molecule has 14 nitrogen and oxygen atoms in total. The smallest absolute Gasteiger partial charge is 0.276 e. The van der Waals surface area contributed by atoms with Gasteiger partial charge in [0.05, 0.1) is 25.0 Å². The number of oxime groups is 1. The number of nitrogens with one attached hydrogen (secondary N) is 1. The van der Waals surface area contributed by atoms with Gasteiger partial charge in [-0.2, -0.15) is 0 Å². The van der Waals surface area contributed by atoms with Crippen LogP contribution in [-0.4, -0.2) is 82.8 Å². The fourth-order valence-electron chi connectivity index (χ4n) is 3.23. The number of ether oxygens (including phenoxy) is 1. The van der Waals surface area contributed by atoms with Crippen LogP contribution >= 0.6 is 11.3 Å². The Morgan fingerprint density at radius 2 is 2.03 bits per heavy atom. The second-order valence-electron chi connectivity index (χ2n) is 8.25. The first-order chi connectivity index (χ1) is 17.6. The van der Waals surface area contributed by atoms with E-state index in [1.54, 1.807) is 43.5 Å². The first kappa shape index (κ1) is 27.3. The summed E-state index contributed by atoms with van der Waals surface area (Å²) in [5, 5.41) is 18.5. The number of amidine groups is 1. The predicted molar refractivity (Wildman–Crippen MR) is 139 cm³/mol. The lowest BCUT2D eigenvalue weighted by Gasteiger charge is -2.49. The highest BCUT2D eigenvalue weighted by molar-refractivity contribution is 7.13. The Kier molecular flexibility index (Phi) is 8.97. The average Bonchev–Trinajstić information content (AvgIpc) is 3.32. The van der Waals surface area contributed by atoms with Crippen molar-refractivity contribution in [1.29, 1.82) is 0 Å². The van der Waals surface area contributed by atoms with E-state index in [9.17, 15) is 14.8 Å². The third-order valence-electron chi connectivity index (χ3n) is 5.33. The number of nitrogen functional groups attached to an aromatic ring is 1. The van der Waals surface area contributed by atoms with Gasteiger partial charge in [0.2, 0.25) is 0 Å². The molecule has 3 rings (SSSR count). The molecule has 198 valence electrons. The number of benzene rings is 1. The van der Waals surface area contributed by atoms with Gasteiger partial charge in [-0.1, -0.05) is 5.16 Å². The maximum atomic E-state index is 12.9. The largest absolute Gasteiger partial charge is 0.490 e. The summed E-state index contributed by atoms with van der Waals surface area (Å²) in [4.78, 5) is 42.2. The van der Waals surface area contributed by atoms with E-state index in [-0.39, 0.29) is 29.8 Å². The lowest BCUT2D eigenvalue weighted by atomic mass is 9.84. The molecular formula is C22H29N9O5S. The number of carbonyl (C=O) groups is 2. The number of hydroxylamine groups is 2. The number of β-lactam (4-membered cyclic amide) rings is 1. The fourth-order valence-corrected chi connectivity index (χ4v) is 3.77. The summed E-state index contributed by atoms with van der Waals surface area (Å²) in [5.74, 6) is -0.384. The minimum atomic E-state index is -0.973. The molecule has 15 heteroatoms. The number of rotatable bonds is 12. The van der Waals surface area contributed by atoms with Crippen LogP contribution in [0.15, 0.2) is 44.8 Å². The van der Waals surface area contributed by atoms with E-state index < -0.39 is 23.4 Å². The highest BCUT2D eigenvalue weighted by atomic mass is 32.1. The number of amides is 2. The van der Waals surface area contributed by atoms with Crippen molar-refractivity contribution < 1.29 is 24.4 Å². The molecule has 0 radical (unpaired) electrons. The van der Waals surface area contributed by atoms with Crippen LogP contribution in [0.2, 0.25) is 0 Å². The first-order valence-corrected chi connectivity index (χ1v) is 12.0. The van der Waals surface area contributed by atoms with Crippen molar-refractivity contribution in [2.75, 3.05) is 32.0 Å². The van der Waals surface area contributed by atoms with Crippen LogP contribution in [-0.2, 0) is 14.4 Å². The Labute approximate surface area is 216 Å². The number of anilines is 1.